The molecule has 39 heavy (non-hydrogen) atoms. The van der Waals surface area contributed by atoms with Gasteiger partial charge in [0.15, 0.2) is 0 Å². The highest BCUT2D eigenvalue weighted by Gasteiger charge is 2.41. The highest BCUT2D eigenvalue weighted by molar-refractivity contribution is 6.60. The molecule has 0 saturated heterocycles. The Morgan fingerprint density at radius 2 is 0.718 bits per heavy atom. The van der Waals surface area contributed by atoms with E-state index in [0.717, 1.165) is 51.5 Å². The van der Waals surface area contributed by atoms with Crippen LogP contribution >= 0.6 is 0 Å². The van der Waals surface area contributed by atoms with Gasteiger partial charge in [0.25, 0.3) is 0 Å². The third kappa shape index (κ3) is 24.6. The quantitative estimate of drug-likeness (QED) is 0.0478. The van der Waals surface area contributed by atoms with Crippen LogP contribution in [-0.4, -0.2) is 59.8 Å². The fourth-order valence-corrected chi connectivity index (χ4v) is 8.20. The molecule has 0 fully saturated rings. The van der Waals surface area contributed by atoms with Gasteiger partial charge in [0.1, 0.15) is 0 Å². The molecule has 0 aromatic heterocycles. The highest BCUT2D eigenvalue weighted by Crippen LogP contribution is 2.22. The fourth-order valence-electron chi connectivity index (χ4n) is 5.38. The van der Waals surface area contributed by atoms with Crippen molar-refractivity contribution in [1.29, 1.82) is 0 Å². The van der Waals surface area contributed by atoms with E-state index in [1.807, 2.05) is 0 Å². The van der Waals surface area contributed by atoms with Crippen LogP contribution in [0, 0.1) is 0 Å². The van der Waals surface area contributed by atoms with E-state index in [4.69, 9.17) is 13.3 Å². The van der Waals surface area contributed by atoms with Gasteiger partial charge >= 0.3 is 8.80 Å². The van der Waals surface area contributed by atoms with E-state index in [1.165, 1.54) is 127 Å². The topological polar surface area (TPSA) is 27.7 Å². The Balaban J connectivity index is 0. The monoisotopic (exact) mass is 593 g/mol. The smallest absolute Gasteiger partial charge is 0.501 e. The number of hydrogen-bond donors (Lipinski definition) is 0. The summed E-state index contributed by atoms with van der Waals surface area (Å²) in [6, 6.07) is 0.968. The lowest BCUT2D eigenvalue weighted by molar-refractivity contribution is -0.910. The lowest BCUT2D eigenvalue weighted by Gasteiger charge is -2.36. The lowest BCUT2D eigenvalue weighted by atomic mass is 10.1. The Labute approximate surface area is 254 Å². The van der Waals surface area contributed by atoms with E-state index in [9.17, 15) is 0 Å². The first-order valence-corrected chi connectivity index (χ1v) is 19.2. The molecule has 0 heterocycles. The van der Waals surface area contributed by atoms with Crippen LogP contribution in [0.25, 0.3) is 0 Å². The van der Waals surface area contributed by atoms with E-state index >= 15 is 0 Å². The van der Waals surface area contributed by atoms with Crippen molar-refractivity contribution in [2.45, 2.75) is 169 Å². The maximum Gasteiger partial charge on any atom is 0.501 e. The van der Waals surface area contributed by atoms with Crippen LogP contribution in [0.1, 0.15) is 163 Å². The molecule has 0 atom stereocenters. The Hall–Kier alpha value is 0.347. The van der Waals surface area contributed by atoms with Gasteiger partial charge in [0.05, 0.1) is 26.7 Å². The van der Waals surface area contributed by atoms with E-state index in [0.29, 0.717) is 0 Å². The largest absolute Gasteiger partial charge is 1.00 e. The summed E-state index contributed by atoms with van der Waals surface area (Å²) < 4.78 is 20.4. The van der Waals surface area contributed by atoms with Gasteiger partial charge in [-0.2, -0.15) is 0 Å². The number of quaternary nitrogens is 1. The van der Waals surface area contributed by atoms with Gasteiger partial charge in [-0.3, -0.25) is 0 Å². The zero-order valence-electron chi connectivity index (χ0n) is 27.6. The third-order valence-corrected chi connectivity index (χ3v) is 10.8. The Morgan fingerprint density at radius 3 is 1.05 bits per heavy atom. The normalized spacial score (nSPS) is 12.2. The predicted octanol–water partition coefficient (Wildman–Crippen LogP) is 7.33. The second-order valence-electron chi connectivity index (χ2n) is 12.1. The van der Waals surface area contributed by atoms with Crippen molar-refractivity contribution in [3.05, 3.63) is 0 Å². The Bertz CT molecular complexity index is 442. The van der Waals surface area contributed by atoms with E-state index in [2.05, 4.69) is 41.7 Å². The zero-order valence-corrected chi connectivity index (χ0v) is 29.4. The van der Waals surface area contributed by atoms with Crippen molar-refractivity contribution < 1.29 is 30.2 Å². The van der Waals surface area contributed by atoms with Crippen LogP contribution in [0.2, 0.25) is 6.04 Å². The van der Waals surface area contributed by atoms with Crippen molar-refractivity contribution in [3.63, 3.8) is 0 Å². The molecule has 0 amide bonds. The first-order chi connectivity index (χ1) is 18.5. The number of rotatable bonds is 31. The van der Waals surface area contributed by atoms with Gasteiger partial charge in [-0.05, 0) is 44.9 Å². The summed E-state index contributed by atoms with van der Waals surface area (Å²) in [6.07, 6.45) is 26.6. The first-order valence-electron chi connectivity index (χ1n) is 17.3. The standard InChI is InChI=1S/C33H72NO3Si.ClH/c1-7-12-14-16-18-20-22-24-27-34(6,28-25-23-21-19-17-15-13-8-2)29-26-33-38(35-30-9-3,36-31-10-4)37-32-11-5;/h7-33H2,1-6H3;1H/q+1;/p-1. The molecule has 6 heteroatoms. The molecular weight excluding hydrogens is 522 g/mol. The minimum Gasteiger partial charge on any atom is -1.00 e. The van der Waals surface area contributed by atoms with Crippen LogP contribution in [-0.2, 0) is 13.3 Å². The molecule has 0 spiro atoms. The summed E-state index contributed by atoms with van der Waals surface area (Å²) in [5.41, 5.74) is 0. The summed E-state index contributed by atoms with van der Waals surface area (Å²) in [5, 5.41) is 0. The van der Waals surface area contributed by atoms with Gasteiger partial charge in [0, 0.05) is 32.3 Å². The lowest BCUT2D eigenvalue weighted by Crippen LogP contribution is -3.00. The molecule has 0 saturated carbocycles. The molecule has 0 aromatic carbocycles. The van der Waals surface area contributed by atoms with E-state index in [-0.39, 0.29) is 12.4 Å². The molecule has 0 bridgehead atoms. The average molecular weight is 594 g/mol. The molecule has 0 rings (SSSR count). The van der Waals surface area contributed by atoms with Crippen molar-refractivity contribution in [2.75, 3.05) is 46.5 Å². The molecule has 0 aliphatic heterocycles. The van der Waals surface area contributed by atoms with Crippen LogP contribution < -0.4 is 12.4 Å². The number of unbranched alkanes of at least 4 members (excludes halogenated alkanes) is 14. The van der Waals surface area contributed by atoms with E-state index in [1.54, 1.807) is 0 Å². The Morgan fingerprint density at radius 1 is 0.410 bits per heavy atom. The zero-order chi connectivity index (χ0) is 28.2. The second-order valence-corrected chi connectivity index (χ2v) is 14.8. The first kappa shape index (κ1) is 41.5. The fraction of sp³-hybridized carbons (Fsp3) is 1.00. The van der Waals surface area contributed by atoms with Gasteiger partial charge in [-0.25, -0.2) is 0 Å². The molecule has 0 aliphatic rings. The van der Waals surface area contributed by atoms with Gasteiger partial charge in [-0.15, -0.1) is 0 Å². The molecule has 0 aliphatic carbocycles. The molecule has 238 valence electrons. The van der Waals surface area contributed by atoms with Crippen LogP contribution in [0.3, 0.4) is 0 Å². The van der Waals surface area contributed by atoms with Gasteiger partial charge < -0.3 is 30.2 Å². The summed E-state index contributed by atoms with van der Waals surface area (Å²) in [4.78, 5) is 0. The maximum atomic E-state index is 6.39. The number of nitrogens with zero attached hydrogens (tertiary/aromatic N) is 1. The molecule has 0 unspecified atom stereocenters. The third-order valence-electron chi connectivity index (χ3n) is 7.86. The molecular formula is C33H72ClNO3Si. The number of hydrogen-bond acceptors (Lipinski definition) is 3. The van der Waals surface area contributed by atoms with Crippen molar-refractivity contribution in [2.24, 2.45) is 0 Å². The number of halogens is 1. The second kappa shape index (κ2) is 29.8. The summed E-state index contributed by atoms with van der Waals surface area (Å²) >= 11 is 0. The summed E-state index contributed by atoms with van der Waals surface area (Å²) in [5.74, 6) is 0. The van der Waals surface area contributed by atoms with Crippen molar-refractivity contribution in [3.8, 4) is 0 Å². The predicted molar refractivity (Wildman–Crippen MR) is 170 cm³/mol. The minimum absolute atomic E-state index is 0. The van der Waals surface area contributed by atoms with Crippen LogP contribution in [0.4, 0.5) is 0 Å². The van der Waals surface area contributed by atoms with E-state index < -0.39 is 8.80 Å². The van der Waals surface area contributed by atoms with Gasteiger partial charge in [-0.1, -0.05) is 112 Å². The maximum absolute atomic E-state index is 6.39. The van der Waals surface area contributed by atoms with Crippen molar-refractivity contribution >= 4 is 8.80 Å². The molecule has 0 radical (unpaired) electrons. The Kier molecular flexibility index (Phi) is 31.7. The molecule has 0 aromatic rings. The average Bonchev–Trinajstić information content (AvgIpc) is 2.92. The summed E-state index contributed by atoms with van der Waals surface area (Å²) in [7, 11) is -0.0621. The highest BCUT2D eigenvalue weighted by atomic mass is 35.5. The summed E-state index contributed by atoms with van der Waals surface area (Å²) in [6.45, 7) is 17.3. The van der Waals surface area contributed by atoms with Gasteiger partial charge in [0.2, 0.25) is 0 Å². The SMILES string of the molecule is CCCCCCCCCC[N+](C)(CCCCCCCCCC)CCC[Si](OCCC)(OCCC)OCCC.[Cl-]. The van der Waals surface area contributed by atoms with Crippen molar-refractivity contribution in [1.82, 2.24) is 0 Å². The van der Waals surface area contributed by atoms with Crippen LogP contribution in [0.5, 0.6) is 0 Å². The minimum atomic E-state index is -2.59. The molecule has 4 nitrogen and oxygen atoms in total. The van der Waals surface area contributed by atoms with Crippen LogP contribution in [0.15, 0.2) is 0 Å². The molecule has 0 N–H and O–H groups in total.